The van der Waals surface area contributed by atoms with Crippen LogP contribution in [-0.2, 0) is 22.4 Å². The number of hydrogen-bond donors (Lipinski definition) is 1. The third kappa shape index (κ3) is 5.51. The molecule has 1 aliphatic rings. The molecule has 1 amide bonds. The predicted molar refractivity (Wildman–Crippen MR) is 93.6 cm³/mol. The summed E-state index contributed by atoms with van der Waals surface area (Å²) in [6, 6.07) is 17.7. The van der Waals surface area contributed by atoms with Gasteiger partial charge in [-0.15, -0.1) is 16.0 Å². The minimum atomic E-state index is -0.223. The quantitative estimate of drug-likeness (QED) is 0.351. The van der Waals surface area contributed by atoms with Gasteiger partial charge >= 0.3 is 22.4 Å². The molecule has 25 heavy (non-hydrogen) atoms. The molecule has 0 aliphatic carbocycles. The van der Waals surface area contributed by atoms with Crippen LogP contribution in [0, 0.1) is 6.07 Å². The molecule has 3 rings (SSSR count). The molecule has 0 saturated carbocycles. The Morgan fingerprint density at radius 2 is 1.96 bits per heavy atom. The van der Waals surface area contributed by atoms with E-state index in [0.29, 0.717) is 30.4 Å². The molecule has 136 valence electrons. The summed E-state index contributed by atoms with van der Waals surface area (Å²) in [5.74, 6) is 0.294. The number of halogens is 1. The largest absolute Gasteiger partial charge is 1.00 e. The maximum atomic E-state index is 12.6. The van der Waals surface area contributed by atoms with Gasteiger partial charge in [0.25, 0.3) is 18.3 Å². The normalized spacial score (nSPS) is 14.5. The van der Waals surface area contributed by atoms with Crippen molar-refractivity contribution in [1.29, 1.82) is 0 Å². The summed E-state index contributed by atoms with van der Waals surface area (Å²) in [4.78, 5) is 14.4. The first-order chi connectivity index (χ1) is 11.8. The van der Waals surface area contributed by atoms with Crippen LogP contribution in [0.3, 0.4) is 0 Å². The molecular weight excluding hydrogens is 524 g/mol. The summed E-state index contributed by atoms with van der Waals surface area (Å²) >= 11 is -0.223. The average molecular weight is 542 g/mol. The fourth-order valence-corrected chi connectivity index (χ4v) is 3.02. The zero-order valence-electron chi connectivity index (χ0n) is 13.4. The van der Waals surface area contributed by atoms with Crippen molar-refractivity contribution >= 4 is 24.0 Å². The van der Waals surface area contributed by atoms with Gasteiger partial charge in [-0.05, 0) is 31.0 Å². The molecule has 1 aliphatic heterocycles. The van der Waals surface area contributed by atoms with Crippen LogP contribution in [0.5, 0.6) is 5.75 Å². The van der Waals surface area contributed by atoms with Crippen LogP contribution in [0.25, 0.3) is 0 Å². The fourth-order valence-electron chi connectivity index (χ4n) is 2.85. The number of carbonyl (C=O) groups excluding carboxylic acids is 1. The van der Waals surface area contributed by atoms with Crippen LogP contribution >= 0.6 is 12.4 Å². The number of nitrogens with zero attached hydrogens (tertiary/aromatic N) is 1. The summed E-state index contributed by atoms with van der Waals surface area (Å²) in [6.45, 7) is 1.39. The Kier molecular flexibility index (Phi) is 7.84. The Bertz CT molecular complexity index is 682. The van der Waals surface area contributed by atoms with E-state index in [1.807, 2.05) is 29.2 Å². The van der Waals surface area contributed by atoms with Crippen molar-refractivity contribution < 1.29 is 35.2 Å². The number of rotatable bonds is 5. The van der Waals surface area contributed by atoms with E-state index in [9.17, 15) is 8.68 Å². The standard InChI is InChI=1S/C18H18FN2O2S.Au/c19-24-23-17-8-4-5-14(13-17)18(22)21-11-9-16(10-12-21)20-15-6-2-1-3-7-15;/h2-8,13,16,20H,9-12H2;/q-1;+1. The van der Waals surface area contributed by atoms with Crippen molar-refractivity contribution in [3.63, 3.8) is 0 Å². The molecule has 7 heteroatoms. The monoisotopic (exact) mass is 542 g/mol. The zero-order valence-corrected chi connectivity index (χ0v) is 16.4. The number of anilines is 1. The number of carbonyl (C=O) groups is 1. The minimum Gasteiger partial charge on any atom is -0.403 e. The van der Waals surface area contributed by atoms with Crippen molar-refractivity contribution in [2.75, 3.05) is 18.4 Å². The smallest absolute Gasteiger partial charge is 0.403 e. The van der Waals surface area contributed by atoms with E-state index in [1.165, 1.54) is 0 Å². The first-order valence-corrected chi connectivity index (χ1v) is 8.48. The molecule has 0 radical (unpaired) electrons. The van der Waals surface area contributed by atoms with Gasteiger partial charge in [0.2, 0.25) is 0 Å². The van der Waals surface area contributed by atoms with Gasteiger partial charge in [-0.2, -0.15) is 18.2 Å². The van der Waals surface area contributed by atoms with Gasteiger partial charge in [-0.25, -0.2) is 0 Å². The molecule has 1 N–H and O–H groups in total. The molecule has 4 nitrogen and oxygen atoms in total. The Labute approximate surface area is 167 Å². The molecule has 0 atom stereocenters. The second-order valence-corrected chi connectivity index (χ2v) is 5.97. The van der Waals surface area contributed by atoms with Crippen LogP contribution in [0.15, 0.2) is 48.5 Å². The maximum Gasteiger partial charge on any atom is 1.00 e. The van der Waals surface area contributed by atoms with Crippen molar-refractivity contribution in [3.05, 3.63) is 60.2 Å². The third-order valence-corrected chi connectivity index (χ3v) is 4.34. The third-order valence-electron chi connectivity index (χ3n) is 4.08. The van der Waals surface area contributed by atoms with Gasteiger partial charge in [-0.3, -0.25) is 4.79 Å². The molecule has 1 heterocycles. The van der Waals surface area contributed by atoms with E-state index < -0.39 is 0 Å². The van der Waals surface area contributed by atoms with Crippen molar-refractivity contribution in [3.8, 4) is 5.75 Å². The SMILES string of the molecule is O=C(c1cccc(OSF)c1)N1CCC(Nc2cc[c-]cc2)CC1.[Au+]. The Morgan fingerprint density at radius 1 is 1.24 bits per heavy atom. The molecule has 0 aromatic heterocycles. The Balaban J connectivity index is 0.00000225. The van der Waals surface area contributed by atoms with Crippen LogP contribution < -0.4 is 9.50 Å². The van der Waals surface area contributed by atoms with Crippen LogP contribution in [0.2, 0.25) is 0 Å². The number of benzene rings is 2. The van der Waals surface area contributed by atoms with E-state index in [-0.39, 0.29) is 40.7 Å². The first-order valence-electron chi connectivity index (χ1n) is 7.83. The van der Waals surface area contributed by atoms with Crippen molar-refractivity contribution in [2.24, 2.45) is 0 Å². The van der Waals surface area contributed by atoms with E-state index >= 15 is 0 Å². The minimum absolute atomic E-state index is 0. The number of likely N-dealkylation sites (tertiary alicyclic amines) is 1. The van der Waals surface area contributed by atoms with Gasteiger partial charge in [0, 0.05) is 24.7 Å². The number of hydrogen-bond acceptors (Lipinski definition) is 4. The van der Waals surface area contributed by atoms with Gasteiger partial charge < -0.3 is 14.4 Å². The molecular formula is C18H18AuFN2O2S. The molecule has 1 fully saturated rings. The summed E-state index contributed by atoms with van der Waals surface area (Å²) in [5, 5.41) is 3.48. The summed E-state index contributed by atoms with van der Waals surface area (Å²) in [5.41, 5.74) is 1.60. The zero-order chi connectivity index (χ0) is 16.8. The number of amides is 1. The van der Waals surface area contributed by atoms with Crippen LogP contribution in [-0.4, -0.2) is 29.9 Å². The molecule has 0 bridgehead atoms. The van der Waals surface area contributed by atoms with Gasteiger partial charge in [0.1, 0.15) is 5.75 Å². The predicted octanol–water partition coefficient (Wildman–Crippen LogP) is 4.11. The van der Waals surface area contributed by atoms with Gasteiger partial charge in [-0.1, -0.05) is 11.8 Å². The summed E-state index contributed by atoms with van der Waals surface area (Å²) < 4.78 is 16.9. The van der Waals surface area contributed by atoms with E-state index in [0.717, 1.165) is 18.5 Å². The van der Waals surface area contributed by atoms with E-state index in [4.69, 9.17) is 4.18 Å². The molecule has 0 unspecified atom stereocenters. The fraction of sp³-hybridized carbons (Fsp3) is 0.278. The van der Waals surface area contributed by atoms with Crippen molar-refractivity contribution in [2.45, 2.75) is 18.9 Å². The molecule has 0 spiro atoms. The van der Waals surface area contributed by atoms with E-state index in [1.54, 1.807) is 24.3 Å². The van der Waals surface area contributed by atoms with E-state index in [2.05, 4.69) is 11.4 Å². The maximum absolute atomic E-state index is 12.6. The van der Waals surface area contributed by atoms with Crippen molar-refractivity contribution in [1.82, 2.24) is 4.90 Å². The number of piperidine rings is 1. The molecule has 2 aromatic rings. The first kappa shape index (κ1) is 19.8. The van der Waals surface area contributed by atoms with Crippen LogP contribution in [0.1, 0.15) is 23.2 Å². The van der Waals surface area contributed by atoms with Gasteiger partial charge in [0.15, 0.2) is 0 Å². The van der Waals surface area contributed by atoms with Crippen LogP contribution in [0.4, 0.5) is 9.57 Å². The average Bonchev–Trinajstić information content (AvgIpc) is 2.63. The summed E-state index contributed by atoms with van der Waals surface area (Å²) in [7, 11) is 0. The Hall–Kier alpha value is -1.47. The second kappa shape index (κ2) is 9.87. The molecule has 2 aromatic carbocycles. The summed E-state index contributed by atoms with van der Waals surface area (Å²) in [6.07, 6.45) is 1.78. The Morgan fingerprint density at radius 3 is 2.64 bits per heavy atom. The van der Waals surface area contributed by atoms with Gasteiger partial charge in [0.05, 0.1) is 0 Å². The number of nitrogens with one attached hydrogen (secondary N) is 1. The second-order valence-electron chi connectivity index (χ2n) is 5.67. The topological polar surface area (TPSA) is 41.6 Å². The molecule has 1 saturated heterocycles.